The van der Waals surface area contributed by atoms with Crippen LogP contribution in [0.2, 0.25) is 0 Å². The van der Waals surface area contributed by atoms with Crippen molar-refractivity contribution in [2.24, 2.45) is 0 Å². The largest absolute Gasteiger partial charge is 0.493 e. The number of benzene rings is 2. The lowest BCUT2D eigenvalue weighted by molar-refractivity contribution is -0.118. The van der Waals surface area contributed by atoms with Crippen molar-refractivity contribution in [2.75, 3.05) is 14.2 Å². The zero-order valence-electron chi connectivity index (χ0n) is 25.6. The molecule has 0 fully saturated rings. The number of rotatable bonds is 21. The number of Topliss-reactive ketones (excluding diaryl/α,β-unsaturated/α-hetero) is 2. The van der Waals surface area contributed by atoms with E-state index in [1.54, 1.807) is 44.6 Å². The molecule has 0 unspecified atom stereocenters. The van der Waals surface area contributed by atoms with Gasteiger partial charge in [-0.15, -0.1) is 0 Å². The van der Waals surface area contributed by atoms with Gasteiger partial charge < -0.3 is 14.2 Å². The molecule has 41 heavy (non-hydrogen) atoms. The number of unbranched alkanes of at least 4 members (excludes halogenated alkanes) is 14. The van der Waals surface area contributed by atoms with Crippen LogP contribution in [-0.2, 0) is 11.2 Å². The molecule has 0 bridgehead atoms. The number of hydrogen-bond acceptors (Lipinski definition) is 5. The minimum absolute atomic E-state index is 0.175. The molecule has 5 heteroatoms. The van der Waals surface area contributed by atoms with Crippen molar-refractivity contribution in [1.29, 1.82) is 0 Å². The third-order valence-electron chi connectivity index (χ3n) is 7.90. The van der Waals surface area contributed by atoms with Gasteiger partial charge in [0.05, 0.1) is 19.8 Å². The number of carbonyl (C=O) groups is 2. The van der Waals surface area contributed by atoms with Gasteiger partial charge in [-0.25, -0.2) is 0 Å². The Bertz CT molecular complexity index is 1130. The van der Waals surface area contributed by atoms with Gasteiger partial charge in [-0.2, -0.15) is 0 Å². The maximum Gasteiger partial charge on any atom is 0.231 e. The van der Waals surface area contributed by atoms with Gasteiger partial charge in [0.15, 0.2) is 17.3 Å². The topological polar surface area (TPSA) is 61.8 Å². The van der Waals surface area contributed by atoms with E-state index in [-0.39, 0.29) is 17.3 Å². The summed E-state index contributed by atoms with van der Waals surface area (Å²) in [4.78, 5) is 25.6. The first kappa shape index (κ1) is 32.4. The third-order valence-corrected chi connectivity index (χ3v) is 7.90. The number of carbonyl (C=O) groups excluding carboxylic acids is 2. The highest BCUT2D eigenvalue weighted by Gasteiger charge is 2.28. The number of methoxy groups -OCH3 is 2. The van der Waals surface area contributed by atoms with Crippen LogP contribution in [-0.4, -0.2) is 25.8 Å². The summed E-state index contributed by atoms with van der Waals surface area (Å²) in [5.41, 5.74) is 2.14. The molecule has 0 saturated heterocycles. The summed E-state index contributed by atoms with van der Waals surface area (Å²) in [6.07, 6.45) is 22.4. The van der Waals surface area contributed by atoms with Gasteiger partial charge in [-0.3, -0.25) is 9.59 Å². The molecule has 3 rings (SSSR count). The molecule has 224 valence electrons. The predicted molar refractivity (Wildman–Crippen MR) is 167 cm³/mol. The highest BCUT2D eigenvalue weighted by Crippen LogP contribution is 2.34. The summed E-state index contributed by atoms with van der Waals surface area (Å²) >= 11 is 0. The van der Waals surface area contributed by atoms with Crippen molar-refractivity contribution in [3.05, 3.63) is 58.8 Å². The van der Waals surface area contributed by atoms with Crippen LogP contribution >= 0.6 is 0 Å². The van der Waals surface area contributed by atoms with E-state index in [0.29, 0.717) is 35.7 Å². The number of ketones is 2. The van der Waals surface area contributed by atoms with Gasteiger partial charge in [0.25, 0.3) is 0 Å². The molecular weight excluding hydrogens is 512 g/mol. The first-order valence-electron chi connectivity index (χ1n) is 15.9. The summed E-state index contributed by atoms with van der Waals surface area (Å²) in [5.74, 6) is 2.04. The second kappa shape index (κ2) is 18.4. The molecule has 2 aromatic carbocycles. The normalized spacial score (nSPS) is 13.3. The second-order valence-corrected chi connectivity index (χ2v) is 11.3. The maximum atomic E-state index is 13.0. The van der Waals surface area contributed by atoms with Gasteiger partial charge in [0.2, 0.25) is 5.78 Å². The molecule has 0 aliphatic carbocycles. The van der Waals surface area contributed by atoms with Gasteiger partial charge in [0.1, 0.15) is 11.5 Å². The fraction of sp³-hybridized carbons (Fsp3) is 0.556. The van der Waals surface area contributed by atoms with E-state index in [2.05, 4.69) is 6.92 Å². The molecule has 1 heterocycles. The standard InChI is InChI=1S/C36H50O5/c1-4-5-6-7-8-9-10-11-12-13-14-15-16-17-18-19-30(37)24-28-20-22-32-31(25-28)36(38)35(41-32)27-29-21-23-33(39-2)34(26-29)40-3/h20-23,25-27H,4-19,24H2,1-3H3/b35-27-. The van der Waals surface area contributed by atoms with E-state index in [1.165, 1.54) is 83.5 Å². The Hall–Kier alpha value is -3.08. The van der Waals surface area contributed by atoms with Gasteiger partial charge in [-0.05, 0) is 47.9 Å². The zero-order valence-corrected chi connectivity index (χ0v) is 25.6. The Labute approximate surface area is 247 Å². The lowest BCUT2D eigenvalue weighted by Gasteiger charge is -2.08. The molecule has 0 spiro atoms. The van der Waals surface area contributed by atoms with E-state index >= 15 is 0 Å². The Morgan fingerprint density at radius 3 is 1.90 bits per heavy atom. The SMILES string of the molecule is CCCCCCCCCCCCCCCCCC(=O)Cc1ccc2c(c1)C(=O)/C(=C/c1ccc(OC)c(OC)c1)O2. The summed E-state index contributed by atoms with van der Waals surface area (Å²) < 4.78 is 16.5. The van der Waals surface area contributed by atoms with Crippen LogP contribution in [0.3, 0.4) is 0 Å². The van der Waals surface area contributed by atoms with Crippen LogP contribution in [0.1, 0.15) is 131 Å². The van der Waals surface area contributed by atoms with E-state index in [0.717, 1.165) is 24.0 Å². The highest BCUT2D eigenvalue weighted by atomic mass is 16.5. The Morgan fingerprint density at radius 1 is 0.732 bits per heavy atom. The Balaban J connectivity index is 1.30. The quantitative estimate of drug-likeness (QED) is 0.112. The molecule has 2 aromatic rings. The van der Waals surface area contributed by atoms with Gasteiger partial charge in [-0.1, -0.05) is 109 Å². The molecule has 0 amide bonds. The van der Waals surface area contributed by atoms with E-state index in [1.807, 2.05) is 12.1 Å². The van der Waals surface area contributed by atoms with Crippen LogP contribution in [0.5, 0.6) is 17.2 Å². The molecule has 0 N–H and O–H groups in total. The lowest BCUT2D eigenvalue weighted by Crippen LogP contribution is -2.03. The van der Waals surface area contributed by atoms with Crippen molar-refractivity contribution >= 4 is 17.6 Å². The van der Waals surface area contributed by atoms with Crippen molar-refractivity contribution in [2.45, 2.75) is 116 Å². The number of ether oxygens (including phenoxy) is 3. The first-order chi connectivity index (χ1) is 20.0. The van der Waals surface area contributed by atoms with Crippen LogP contribution in [0.25, 0.3) is 6.08 Å². The molecule has 0 radical (unpaired) electrons. The van der Waals surface area contributed by atoms with E-state index in [4.69, 9.17) is 14.2 Å². The second-order valence-electron chi connectivity index (χ2n) is 11.3. The molecule has 0 atom stereocenters. The molecule has 0 aromatic heterocycles. The summed E-state index contributed by atoms with van der Waals surface area (Å²) in [7, 11) is 3.16. The molecule has 1 aliphatic rings. The van der Waals surface area contributed by atoms with Crippen LogP contribution in [0, 0.1) is 0 Å². The monoisotopic (exact) mass is 562 g/mol. The Morgan fingerprint density at radius 2 is 1.32 bits per heavy atom. The summed E-state index contributed by atoms with van der Waals surface area (Å²) in [6, 6.07) is 10.9. The summed E-state index contributed by atoms with van der Waals surface area (Å²) in [6.45, 7) is 2.27. The minimum atomic E-state index is -0.175. The average Bonchev–Trinajstić information content (AvgIpc) is 3.29. The van der Waals surface area contributed by atoms with Crippen LogP contribution in [0.15, 0.2) is 42.2 Å². The summed E-state index contributed by atoms with van der Waals surface area (Å²) in [5, 5.41) is 0. The number of hydrogen-bond donors (Lipinski definition) is 0. The smallest absolute Gasteiger partial charge is 0.231 e. The van der Waals surface area contributed by atoms with Crippen LogP contribution in [0.4, 0.5) is 0 Å². The number of allylic oxidation sites excluding steroid dienone is 1. The molecular formula is C36H50O5. The van der Waals surface area contributed by atoms with Crippen molar-refractivity contribution < 1.29 is 23.8 Å². The fourth-order valence-electron chi connectivity index (χ4n) is 5.45. The predicted octanol–water partition coefficient (Wildman–Crippen LogP) is 9.69. The zero-order chi connectivity index (χ0) is 29.3. The van der Waals surface area contributed by atoms with E-state index in [9.17, 15) is 9.59 Å². The van der Waals surface area contributed by atoms with Crippen LogP contribution < -0.4 is 14.2 Å². The molecule has 0 saturated carbocycles. The van der Waals surface area contributed by atoms with E-state index < -0.39 is 0 Å². The van der Waals surface area contributed by atoms with Crippen molar-refractivity contribution in [3.63, 3.8) is 0 Å². The van der Waals surface area contributed by atoms with Crippen molar-refractivity contribution in [1.82, 2.24) is 0 Å². The molecule has 5 nitrogen and oxygen atoms in total. The number of fused-ring (bicyclic) bond motifs is 1. The minimum Gasteiger partial charge on any atom is -0.493 e. The maximum absolute atomic E-state index is 13.0. The third kappa shape index (κ3) is 11.0. The first-order valence-corrected chi connectivity index (χ1v) is 15.9. The molecule has 1 aliphatic heterocycles. The van der Waals surface area contributed by atoms with Gasteiger partial charge in [0, 0.05) is 12.8 Å². The lowest BCUT2D eigenvalue weighted by atomic mass is 10.00. The fourth-order valence-corrected chi connectivity index (χ4v) is 5.45. The van der Waals surface area contributed by atoms with Gasteiger partial charge >= 0.3 is 0 Å². The average molecular weight is 563 g/mol. The highest BCUT2D eigenvalue weighted by molar-refractivity contribution is 6.14. The Kier molecular flexibility index (Phi) is 14.5. The van der Waals surface area contributed by atoms with Crippen molar-refractivity contribution in [3.8, 4) is 17.2 Å².